The van der Waals surface area contributed by atoms with Crippen LogP contribution in [0.3, 0.4) is 0 Å². The molecule has 7 heteroatoms. The average molecular weight is 302 g/mol. The second-order valence-corrected chi connectivity index (χ2v) is 5.15. The van der Waals surface area contributed by atoms with Gasteiger partial charge in [0.05, 0.1) is 11.8 Å². The summed E-state index contributed by atoms with van der Waals surface area (Å²) in [5.41, 5.74) is -2.31. The van der Waals surface area contributed by atoms with Crippen molar-refractivity contribution in [3.8, 4) is 6.07 Å². The zero-order valence-corrected chi connectivity index (χ0v) is 12.9. The van der Waals surface area contributed by atoms with Gasteiger partial charge in [0.25, 0.3) is 11.5 Å². The molecule has 116 valence electrons. The Bertz CT molecular complexity index is 812. The summed E-state index contributed by atoms with van der Waals surface area (Å²) in [7, 11) is 1.45. The lowest BCUT2D eigenvalue weighted by Crippen LogP contribution is -2.43. The molecular weight excluding hydrogens is 284 g/mol. The lowest BCUT2D eigenvalue weighted by molar-refractivity contribution is -0.121. The van der Waals surface area contributed by atoms with Crippen molar-refractivity contribution in [2.45, 2.75) is 38.8 Å². The highest BCUT2D eigenvalue weighted by atomic mass is 16.2. The van der Waals surface area contributed by atoms with Gasteiger partial charge in [-0.3, -0.25) is 18.7 Å². The molecule has 0 fully saturated rings. The van der Waals surface area contributed by atoms with Crippen molar-refractivity contribution in [3.05, 3.63) is 39.2 Å². The first-order chi connectivity index (χ1) is 10.4. The fourth-order valence-corrected chi connectivity index (χ4v) is 3.03. The molecule has 0 saturated heterocycles. The fourth-order valence-electron chi connectivity index (χ4n) is 3.03. The highest BCUT2D eigenvalue weighted by Crippen LogP contribution is 2.40. The van der Waals surface area contributed by atoms with Crippen molar-refractivity contribution in [2.75, 3.05) is 11.9 Å². The van der Waals surface area contributed by atoms with E-state index in [4.69, 9.17) is 0 Å². The van der Waals surface area contributed by atoms with Crippen molar-refractivity contribution < 1.29 is 4.79 Å². The molecule has 1 aliphatic heterocycles. The van der Waals surface area contributed by atoms with Gasteiger partial charge in [-0.25, -0.2) is 4.79 Å². The molecule has 0 aliphatic carbocycles. The Morgan fingerprint density at radius 3 is 2.27 bits per heavy atom. The molecule has 2 rings (SSSR count). The Balaban J connectivity index is 3.06. The third-order valence-electron chi connectivity index (χ3n) is 4.09. The lowest BCUT2D eigenvalue weighted by Gasteiger charge is -2.21. The molecule has 0 spiro atoms. The highest BCUT2D eigenvalue weighted by Gasteiger charge is 2.53. The molecule has 22 heavy (non-hydrogen) atoms. The minimum absolute atomic E-state index is 0.0503. The molecule has 2 heterocycles. The molecule has 1 atom stereocenters. The second kappa shape index (κ2) is 5.30. The first-order valence-electron chi connectivity index (χ1n) is 7.09. The van der Waals surface area contributed by atoms with Crippen LogP contribution >= 0.6 is 0 Å². The summed E-state index contributed by atoms with van der Waals surface area (Å²) in [5, 5.41) is 9.64. The summed E-state index contributed by atoms with van der Waals surface area (Å²) >= 11 is 0. The number of anilines is 1. The molecule has 0 radical (unpaired) electrons. The van der Waals surface area contributed by atoms with Gasteiger partial charge in [0.2, 0.25) is 0 Å². The predicted molar refractivity (Wildman–Crippen MR) is 81.8 cm³/mol. The van der Waals surface area contributed by atoms with Crippen LogP contribution in [0.2, 0.25) is 0 Å². The molecule has 0 saturated carbocycles. The number of nitriles is 1. The summed E-state index contributed by atoms with van der Waals surface area (Å²) in [6, 6.07) is 2.01. The van der Waals surface area contributed by atoms with E-state index < -0.39 is 22.6 Å². The molecule has 1 aliphatic rings. The molecule has 1 aromatic rings. The van der Waals surface area contributed by atoms with Gasteiger partial charge in [-0.1, -0.05) is 6.08 Å². The number of hydrogen-bond donors (Lipinski definition) is 0. The van der Waals surface area contributed by atoms with Crippen LogP contribution in [0.4, 0.5) is 5.69 Å². The Labute approximate surface area is 127 Å². The standard InChI is InChI=1S/C15H18N4O3/c1-5-8-15(9-16)11-10(17(4)13(15)21)12(20)19(7-3)14(22)18(11)6-2/h5H,1,6-8H2,2-4H3. The van der Waals surface area contributed by atoms with E-state index in [-0.39, 0.29) is 30.9 Å². The maximum Gasteiger partial charge on any atom is 0.331 e. The molecular formula is C15H18N4O3. The molecule has 0 aromatic carbocycles. The number of carbonyl (C=O) groups excluding carboxylic acids is 1. The average Bonchev–Trinajstić information content (AvgIpc) is 2.71. The van der Waals surface area contributed by atoms with Crippen LogP contribution in [0.15, 0.2) is 22.2 Å². The van der Waals surface area contributed by atoms with Crippen LogP contribution in [0, 0.1) is 11.3 Å². The maximum atomic E-state index is 12.6. The summed E-state index contributed by atoms with van der Waals surface area (Å²) in [4.78, 5) is 38.9. The van der Waals surface area contributed by atoms with E-state index >= 15 is 0 Å². The van der Waals surface area contributed by atoms with Gasteiger partial charge in [0.15, 0.2) is 5.41 Å². The van der Waals surface area contributed by atoms with Gasteiger partial charge >= 0.3 is 5.69 Å². The van der Waals surface area contributed by atoms with Gasteiger partial charge in [-0.15, -0.1) is 6.58 Å². The SMILES string of the molecule is C=CCC1(C#N)C(=O)N(C)c2c1n(CC)c(=O)n(CC)c2=O. The van der Waals surface area contributed by atoms with E-state index in [9.17, 15) is 19.6 Å². The van der Waals surface area contributed by atoms with Gasteiger partial charge in [0.1, 0.15) is 5.69 Å². The van der Waals surface area contributed by atoms with E-state index in [2.05, 4.69) is 6.58 Å². The van der Waals surface area contributed by atoms with E-state index in [1.807, 2.05) is 6.07 Å². The van der Waals surface area contributed by atoms with E-state index in [1.165, 1.54) is 22.6 Å². The maximum absolute atomic E-state index is 12.6. The van der Waals surface area contributed by atoms with Gasteiger partial charge in [-0.2, -0.15) is 5.26 Å². The van der Waals surface area contributed by atoms with Gasteiger partial charge in [-0.05, 0) is 20.3 Å². The van der Waals surface area contributed by atoms with Crippen molar-refractivity contribution in [3.63, 3.8) is 0 Å². The molecule has 0 bridgehead atoms. The third kappa shape index (κ3) is 1.70. The number of likely N-dealkylation sites (N-methyl/N-ethyl adjacent to an activating group) is 1. The predicted octanol–water partition coefficient (Wildman–Crippen LogP) is 0.364. The quantitative estimate of drug-likeness (QED) is 0.751. The van der Waals surface area contributed by atoms with Gasteiger partial charge < -0.3 is 4.90 Å². The van der Waals surface area contributed by atoms with Crippen LogP contribution in [0.5, 0.6) is 0 Å². The van der Waals surface area contributed by atoms with Crippen molar-refractivity contribution in [1.82, 2.24) is 9.13 Å². The molecule has 0 N–H and O–H groups in total. The van der Waals surface area contributed by atoms with Crippen molar-refractivity contribution >= 4 is 11.6 Å². The number of amides is 1. The number of fused-ring (bicyclic) bond motifs is 1. The molecule has 1 unspecified atom stereocenters. The Morgan fingerprint density at radius 2 is 1.82 bits per heavy atom. The number of rotatable bonds is 4. The molecule has 7 nitrogen and oxygen atoms in total. The number of hydrogen-bond acceptors (Lipinski definition) is 4. The minimum atomic E-state index is -1.56. The minimum Gasteiger partial charge on any atom is -0.307 e. The van der Waals surface area contributed by atoms with Crippen LogP contribution in [-0.4, -0.2) is 22.1 Å². The van der Waals surface area contributed by atoms with Crippen LogP contribution in [0.25, 0.3) is 0 Å². The van der Waals surface area contributed by atoms with E-state index in [1.54, 1.807) is 13.8 Å². The van der Waals surface area contributed by atoms with Crippen LogP contribution in [0.1, 0.15) is 26.0 Å². The molecule has 1 amide bonds. The van der Waals surface area contributed by atoms with Gasteiger partial charge in [0, 0.05) is 20.1 Å². The Hall–Kier alpha value is -2.62. The summed E-state index contributed by atoms with van der Waals surface area (Å²) < 4.78 is 2.42. The summed E-state index contributed by atoms with van der Waals surface area (Å²) in [5.74, 6) is -0.502. The summed E-state index contributed by atoms with van der Waals surface area (Å²) in [6.45, 7) is 7.49. The first kappa shape index (κ1) is 15.8. The monoisotopic (exact) mass is 302 g/mol. The van der Waals surface area contributed by atoms with E-state index in [0.717, 1.165) is 4.57 Å². The highest BCUT2D eigenvalue weighted by molar-refractivity contribution is 6.09. The number of allylic oxidation sites excluding steroid dienone is 1. The zero-order chi connectivity index (χ0) is 16.7. The normalized spacial score (nSPS) is 19.9. The van der Waals surface area contributed by atoms with Crippen molar-refractivity contribution in [2.24, 2.45) is 0 Å². The largest absolute Gasteiger partial charge is 0.331 e. The third-order valence-corrected chi connectivity index (χ3v) is 4.09. The zero-order valence-electron chi connectivity index (χ0n) is 12.9. The van der Waals surface area contributed by atoms with E-state index in [0.29, 0.717) is 0 Å². The number of aromatic nitrogens is 2. The topological polar surface area (TPSA) is 88.1 Å². The fraction of sp³-hybridized carbons (Fsp3) is 0.467. The Morgan fingerprint density at radius 1 is 1.23 bits per heavy atom. The smallest absolute Gasteiger partial charge is 0.307 e. The first-order valence-corrected chi connectivity index (χ1v) is 7.09. The lowest BCUT2D eigenvalue weighted by atomic mass is 9.83. The molecule has 1 aromatic heterocycles. The number of carbonyl (C=O) groups is 1. The second-order valence-electron chi connectivity index (χ2n) is 5.15. The Kier molecular flexibility index (Phi) is 3.79. The summed E-state index contributed by atoms with van der Waals surface area (Å²) in [6.07, 6.45) is 1.51. The number of nitrogens with zero attached hydrogens (tertiary/aromatic N) is 4. The van der Waals surface area contributed by atoms with Crippen LogP contribution in [-0.2, 0) is 23.3 Å². The van der Waals surface area contributed by atoms with Crippen LogP contribution < -0.4 is 16.1 Å². The van der Waals surface area contributed by atoms with Crippen molar-refractivity contribution in [1.29, 1.82) is 5.26 Å².